The monoisotopic (exact) mass is 267 g/mol. The summed E-state index contributed by atoms with van der Waals surface area (Å²) in [6.07, 6.45) is 0. The highest BCUT2D eigenvalue weighted by molar-refractivity contribution is 8.00. The quantitative estimate of drug-likeness (QED) is 0.796. The Kier molecular flexibility index (Phi) is 6.76. The Morgan fingerprint density at radius 1 is 1.17 bits per heavy atom. The number of aliphatic hydroxyl groups is 1. The van der Waals surface area contributed by atoms with Crippen molar-refractivity contribution in [2.45, 2.75) is 37.3 Å². The Morgan fingerprint density at radius 3 is 2.22 bits per heavy atom. The number of hydrogen-bond donors (Lipinski definition) is 2. The number of benzene rings is 1. The lowest BCUT2D eigenvalue weighted by Crippen LogP contribution is -2.32. The predicted octanol–water partition coefficient (Wildman–Crippen LogP) is 3.09. The minimum Gasteiger partial charge on any atom is -0.395 e. The third kappa shape index (κ3) is 4.30. The lowest BCUT2D eigenvalue weighted by Gasteiger charge is -2.31. The zero-order valence-electron chi connectivity index (χ0n) is 11.8. The summed E-state index contributed by atoms with van der Waals surface area (Å²) in [5.41, 5.74) is 1.32. The number of rotatable bonds is 7. The molecule has 0 aliphatic carbocycles. The lowest BCUT2D eigenvalue weighted by atomic mass is 9.96. The Balaban J connectivity index is 2.88. The van der Waals surface area contributed by atoms with Gasteiger partial charge < -0.3 is 10.4 Å². The zero-order chi connectivity index (χ0) is 13.5. The van der Waals surface area contributed by atoms with Gasteiger partial charge in [0.1, 0.15) is 0 Å². The van der Waals surface area contributed by atoms with Crippen LogP contribution in [0.2, 0.25) is 0 Å². The van der Waals surface area contributed by atoms with E-state index in [1.165, 1.54) is 5.56 Å². The van der Waals surface area contributed by atoms with Crippen LogP contribution in [0.1, 0.15) is 32.4 Å². The molecule has 3 heteroatoms. The van der Waals surface area contributed by atoms with E-state index in [1.807, 2.05) is 24.9 Å². The van der Waals surface area contributed by atoms with Gasteiger partial charge in [0.2, 0.25) is 0 Å². The number of hydrogen-bond acceptors (Lipinski definition) is 3. The van der Waals surface area contributed by atoms with E-state index in [0.717, 1.165) is 0 Å². The van der Waals surface area contributed by atoms with E-state index in [-0.39, 0.29) is 11.9 Å². The predicted molar refractivity (Wildman–Crippen MR) is 81.0 cm³/mol. The molecule has 3 atom stereocenters. The Morgan fingerprint density at radius 2 is 1.78 bits per heavy atom. The van der Waals surface area contributed by atoms with Crippen molar-refractivity contribution < 1.29 is 5.11 Å². The van der Waals surface area contributed by atoms with Gasteiger partial charge in [0.05, 0.1) is 6.61 Å². The maximum Gasteiger partial charge on any atom is 0.0547 e. The molecule has 0 saturated heterocycles. The third-order valence-corrected chi connectivity index (χ3v) is 4.85. The average molecular weight is 267 g/mol. The molecule has 0 fully saturated rings. The number of nitrogens with one attached hydrogen (secondary N) is 1. The molecule has 18 heavy (non-hydrogen) atoms. The van der Waals surface area contributed by atoms with Crippen molar-refractivity contribution >= 4 is 11.8 Å². The van der Waals surface area contributed by atoms with Crippen LogP contribution in [0.25, 0.3) is 0 Å². The Labute approximate surface area is 115 Å². The largest absolute Gasteiger partial charge is 0.395 e. The van der Waals surface area contributed by atoms with Crippen LogP contribution in [0.3, 0.4) is 0 Å². The van der Waals surface area contributed by atoms with Crippen LogP contribution in [0, 0.1) is 5.92 Å². The Hall–Kier alpha value is -0.510. The summed E-state index contributed by atoms with van der Waals surface area (Å²) in [5, 5.41) is 13.4. The second-order valence-electron chi connectivity index (χ2n) is 5.01. The SMILES string of the molecule is CNC(c1ccccc1)C(SC(C)CO)C(C)C. The summed E-state index contributed by atoms with van der Waals surface area (Å²) in [6.45, 7) is 6.81. The fourth-order valence-electron chi connectivity index (χ4n) is 2.11. The highest BCUT2D eigenvalue weighted by Gasteiger charge is 2.26. The van der Waals surface area contributed by atoms with Gasteiger partial charge in [0, 0.05) is 16.5 Å². The molecule has 3 unspecified atom stereocenters. The first-order valence-electron chi connectivity index (χ1n) is 6.58. The summed E-state index contributed by atoms with van der Waals surface area (Å²) in [6, 6.07) is 10.9. The summed E-state index contributed by atoms with van der Waals surface area (Å²) >= 11 is 1.87. The first-order valence-corrected chi connectivity index (χ1v) is 7.53. The molecule has 0 heterocycles. The molecule has 0 aliphatic rings. The first kappa shape index (κ1) is 15.5. The van der Waals surface area contributed by atoms with Gasteiger partial charge in [-0.05, 0) is 18.5 Å². The number of aliphatic hydroxyl groups excluding tert-OH is 1. The molecular weight excluding hydrogens is 242 g/mol. The number of thioether (sulfide) groups is 1. The van der Waals surface area contributed by atoms with Crippen LogP contribution >= 0.6 is 11.8 Å². The van der Waals surface area contributed by atoms with Gasteiger partial charge in [-0.1, -0.05) is 51.1 Å². The van der Waals surface area contributed by atoms with Gasteiger partial charge >= 0.3 is 0 Å². The van der Waals surface area contributed by atoms with Crippen molar-refractivity contribution in [3.8, 4) is 0 Å². The summed E-state index contributed by atoms with van der Waals surface area (Å²) < 4.78 is 0. The van der Waals surface area contributed by atoms with Crippen LogP contribution in [0.4, 0.5) is 0 Å². The van der Waals surface area contributed by atoms with Crippen molar-refractivity contribution in [3.05, 3.63) is 35.9 Å². The molecule has 1 aromatic carbocycles. The van der Waals surface area contributed by atoms with Crippen molar-refractivity contribution in [3.63, 3.8) is 0 Å². The van der Waals surface area contributed by atoms with Crippen LogP contribution in [-0.2, 0) is 0 Å². The molecule has 0 saturated carbocycles. The van der Waals surface area contributed by atoms with Gasteiger partial charge in [0.25, 0.3) is 0 Å². The highest BCUT2D eigenvalue weighted by Crippen LogP contribution is 2.34. The van der Waals surface area contributed by atoms with E-state index in [0.29, 0.717) is 17.2 Å². The minimum atomic E-state index is 0.235. The van der Waals surface area contributed by atoms with Crippen molar-refractivity contribution in [1.82, 2.24) is 5.32 Å². The molecule has 0 aliphatic heterocycles. The van der Waals surface area contributed by atoms with Gasteiger partial charge in [-0.25, -0.2) is 0 Å². The van der Waals surface area contributed by atoms with E-state index < -0.39 is 0 Å². The molecule has 0 radical (unpaired) electrons. The molecule has 0 spiro atoms. The van der Waals surface area contributed by atoms with Crippen LogP contribution in [-0.4, -0.2) is 29.3 Å². The lowest BCUT2D eigenvalue weighted by molar-refractivity contribution is 0.299. The smallest absolute Gasteiger partial charge is 0.0547 e. The molecular formula is C15H25NOS. The van der Waals surface area contributed by atoms with E-state index in [1.54, 1.807) is 0 Å². The molecule has 102 valence electrons. The van der Waals surface area contributed by atoms with E-state index in [4.69, 9.17) is 0 Å². The normalized spacial score (nSPS) is 16.6. The standard InChI is InChI=1S/C15H25NOS/c1-11(2)15(18-12(3)10-17)14(16-4)13-8-6-5-7-9-13/h5-9,11-12,14-17H,10H2,1-4H3. The van der Waals surface area contributed by atoms with Crippen molar-refractivity contribution in [2.75, 3.05) is 13.7 Å². The fourth-order valence-corrected chi connectivity index (χ4v) is 3.50. The van der Waals surface area contributed by atoms with E-state index in [2.05, 4.69) is 50.4 Å². The molecule has 2 N–H and O–H groups in total. The molecule has 0 bridgehead atoms. The fraction of sp³-hybridized carbons (Fsp3) is 0.600. The summed E-state index contributed by atoms with van der Waals surface area (Å²) in [5.74, 6) is 0.557. The van der Waals surface area contributed by atoms with Gasteiger partial charge in [0.15, 0.2) is 0 Å². The van der Waals surface area contributed by atoms with Crippen molar-refractivity contribution in [2.24, 2.45) is 5.92 Å². The topological polar surface area (TPSA) is 32.3 Å². The first-order chi connectivity index (χ1) is 8.60. The maximum absolute atomic E-state index is 9.25. The van der Waals surface area contributed by atoms with E-state index >= 15 is 0 Å². The second-order valence-corrected chi connectivity index (χ2v) is 6.64. The van der Waals surface area contributed by atoms with Crippen LogP contribution in [0.15, 0.2) is 30.3 Å². The van der Waals surface area contributed by atoms with Gasteiger partial charge in [-0.2, -0.15) is 11.8 Å². The maximum atomic E-state index is 9.25. The van der Waals surface area contributed by atoms with Crippen LogP contribution < -0.4 is 5.32 Å². The second kappa shape index (κ2) is 7.82. The van der Waals surface area contributed by atoms with Gasteiger partial charge in [-0.15, -0.1) is 0 Å². The third-order valence-electron chi connectivity index (χ3n) is 3.10. The summed E-state index contributed by atoms with van der Waals surface area (Å²) in [4.78, 5) is 0. The molecule has 0 aromatic heterocycles. The van der Waals surface area contributed by atoms with Gasteiger partial charge in [-0.3, -0.25) is 0 Å². The van der Waals surface area contributed by atoms with Crippen molar-refractivity contribution in [1.29, 1.82) is 0 Å². The zero-order valence-corrected chi connectivity index (χ0v) is 12.6. The molecule has 0 amide bonds. The minimum absolute atomic E-state index is 0.235. The Bertz CT molecular complexity index is 329. The van der Waals surface area contributed by atoms with Crippen LogP contribution in [0.5, 0.6) is 0 Å². The highest BCUT2D eigenvalue weighted by atomic mass is 32.2. The van der Waals surface area contributed by atoms with E-state index in [9.17, 15) is 5.11 Å². The molecule has 1 rings (SSSR count). The summed E-state index contributed by atoms with van der Waals surface area (Å²) in [7, 11) is 2.01. The average Bonchev–Trinajstić information content (AvgIpc) is 2.39. The molecule has 1 aromatic rings. The molecule has 2 nitrogen and oxygen atoms in total.